The SMILES string of the molecule is COCCN1C(=O)S/C(=C\c2ccc(-c3ccc(Br)cc3)o2)C1=O. The Morgan fingerprint density at radius 1 is 1.21 bits per heavy atom. The molecule has 0 N–H and O–H groups in total. The third-order valence-corrected chi connectivity index (χ3v) is 4.86. The molecule has 2 aromatic rings. The Labute approximate surface area is 151 Å². The number of nitrogens with zero attached hydrogens (tertiary/aromatic N) is 1. The van der Waals surface area contributed by atoms with Crippen LogP contribution in [0.2, 0.25) is 0 Å². The van der Waals surface area contributed by atoms with Crippen LogP contribution in [0.4, 0.5) is 4.79 Å². The lowest BCUT2D eigenvalue weighted by Gasteiger charge is -2.10. The van der Waals surface area contributed by atoms with Crippen LogP contribution in [0.25, 0.3) is 17.4 Å². The molecule has 2 heterocycles. The summed E-state index contributed by atoms with van der Waals surface area (Å²) in [6, 6.07) is 11.3. The molecule has 0 aliphatic carbocycles. The first-order valence-corrected chi connectivity index (χ1v) is 8.79. The minimum absolute atomic E-state index is 0.251. The van der Waals surface area contributed by atoms with E-state index >= 15 is 0 Å². The van der Waals surface area contributed by atoms with Crippen LogP contribution in [0.1, 0.15) is 5.76 Å². The van der Waals surface area contributed by atoms with Crippen molar-refractivity contribution in [3.8, 4) is 11.3 Å². The third-order valence-electron chi connectivity index (χ3n) is 3.42. The Morgan fingerprint density at radius 2 is 1.96 bits per heavy atom. The summed E-state index contributed by atoms with van der Waals surface area (Å²) in [6.45, 7) is 0.570. The van der Waals surface area contributed by atoms with Crippen LogP contribution in [-0.2, 0) is 9.53 Å². The summed E-state index contributed by atoms with van der Waals surface area (Å²) in [5.74, 6) is 0.918. The Hall–Kier alpha value is -1.83. The lowest BCUT2D eigenvalue weighted by atomic mass is 10.2. The zero-order chi connectivity index (χ0) is 17.1. The molecule has 1 saturated heterocycles. The highest BCUT2D eigenvalue weighted by Crippen LogP contribution is 2.33. The van der Waals surface area contributed by atoms with Gasteiger partial charge in [-0.05, 0) is 36.0 Å². The van der Waals surface area contributed by atoms with Gasteiger partial charge in [0.15, 0.2) is 0 Å². The number of hydrogen-bond acceptors (Lipinski definition) is 5. The zero-order valence-corrected chi connectivity index (χ0v) is 15.2. The number of furan rings is 1. The molecule has 5 nitrogen and oxygen atoms in total. The number of rotatable bonds is 5. The number of carbonyl (C=O) groups excluding carboxylic acids is 2. The predicted octanol–water partition coefficient (Wildman–Crippen LogP) is 4.39. The number of benzene rings is 1. The van der Waals surface area contributed by atoms with Gasteiger partial charge in [-0.3, -0.25) is 14.5 Å². The largest absolute Gasteiger partial charge is 0.457 e. The summed E-state index contributed by atoms with van der Waals surface area (Å²) in [5, 5.41) is -0.289. The highest BCUT2D eigenvalue weighted by Gasteiger charge is 2.34. The summed E-state index contributed by atoms with van der Waals surface area (Å²) in [5.41, 5.74) is 0.936. The number of methoxy groups -OCH3 is 1. The van der Waals surface area contributed by atoms with Crippen LogP contribution in [0.5, 0.6) is 0 Å². The van der Waals surface area contributed by atoms with E-state index in [9.17, 15) is 9.59 Å². The number of thioether (sulfide) groups is 1. The molecule has 124 valence electrons. The fourth-order valence-corrected chi connectivity index (χ4v) is 3.31. The average Bonchev–Trinajstić information content (AvgIpc) is 3.13. The molecule has 24 heavy (non-hydrogen) atoms. The molecule has 1 fully saturated rings. The number of imide groups is 1. The smallest absolute Gasteiger partial charge is 0.293 e. The molecule has 2 amide bonds. The molecular formula is C17H14BrNO4S. The van der Waals surface area contributed by atoms with E-state index < -0.39 is 0 Å². The molecule has 0 atom stereocenters. The lowest BCUT2D eigenvalue weighted by Crippen LogP contribution is -2.31. The number of carbonyl (C=O) groups is 2. The minimum Gasteiger partial charge on any atom is -0.457 e. The molecule has 7 heteroatoms. The van der Waals surface area contributed by atoms with Gasteiger partial charge in [-0.15, -0.1) is 0 Å². The monoisotopic (exact) mass is 407 g/mol. The van der Waals surface area contributed by atoms with Crippen molar-refractivity contribution in [3.05, 3.63) is 51.5 Å². The van der Waals surface area contributed by atoms with Crippen molar-refractivity contribution in [1.29, 1.82) is 0 Å². The maximum atomic E-state index is 12.3. The van der Waals surface area contributed by atoms with E-state index in [0.717, 1.165) is 21.8 Å². The highest BCUT2D eigenvalue weighted by molar-refractivity contribution is 9.10. The van der Waals surface area contributed by atoms with Crippen molar-refractivity contribution in [2.24, 2.45) is 0 Å². The molecule has 3 rings (SSSR count). The van der Waals surface area contributed by atoms with Gasteiger partial charge < -0.3 is 9.15 Å². The van der Waals surface area contributed by atoms with Crippen LogP contribution in [0.3, 0.4) is 0 Å². The summed E-state index contributed by atoms with van der Waals surface area (Å²) in [6.07, 6.45) is 1.60. The van der Waals surface area contributed by atoms with Crippen LogP contribution < -0.4 is 0 Å². The van der Waals surface area contributed by atoms with Crippen molar-refractivity contribution in [2.75, 3.05) is 20.3 Å². The molecule has 1 aliphatic rings. The van der Waals surface area contributed by atoms with Gasteiger partial charge in [0.25, 0.3) is 11.1 Å². The molecule has 0 saturated carbocycles. The van der Waals surface area contributed by atoms with Gasteiger partial charge in [0.2, 0.25) is 0 Å². The fraction of sp³-hybridized carbons (Fsp3) is 0.176. The second kappa shape index (κ2) is 7.38. The molecule has 0 unspecified atom stereocenters. The van der Waals surface area contributed by atoms with Crippen molar-refractivity contribution in [3.63, 3.8) is 0 Å². The van der Waals surface area contributed by atoms with Gasteiger partial charge in [-0.1, -0.05) is 28.1 Å². The summed E-state index contributed by atoms with van der Waals surface area (Å²) in [4.78, 5) is 25.7. The molecule has 1 aliphatic heterocycles. The fourth-order valence-electron chi connectivity index (χ4n) is 2.20. The standard InChI is InChI=1S/C17H14BrNO4S/c1-22-9-8-19-16(20)15(24-17(19)21)10-13-6-7-14(23-13)11-2-4-12(18)5-3-11/h2-7,10H,8-9H2,1H3/b15-10-. The Kier molecular flexibility index (Phi) is 5.23. The zero-order valence-electron chi connectivity index (χ0n) is 12.8. The molecule has 1 aromatic carbocycles. The van der Waals surface area contributed by atoms with Gasteiger partial charge in [-0.25, -0.2) is 0 Å². The molecular weight excluding hydrogens is 394 g/mol. The molecule has 0 bridgehead atoms. The summed E-state index contributed by atoms with van der Waals surface area (Å²) < 4.78 is 11.7. The summed E-state index contributed by atoms with van der Waals surface area (Å²) >= 11 is 4.30. The van der Waals surface area contributed by atoms with Gasteiger partial charge in [-0.2, -0.15) is 0 Å². The first kappa shape index (κ1) is 17.0. The summed E-state index contributed by atoms with van der Waals surface area (Å²) in [7, 11) is 1.53. The van der Waals surface area contributed by atoms with Crippen LogP contribution in [-0.4, -0.2) is 36.3 Å². The third kappa shape index (κ3) is 3.63. The lowest BCUT2D eigenvalue weighted by molar-refractivity contribution is -0.123. The van der Waals surface area contributed by atoms with Gasteiger partial charge in [0, 0.05) is 23.2 Å². The van der Waals surface area contributed by atoms with Crippen LogP contribution in [0, 0.1) is 0 Å². The normalized spacial score (nSPS) is 16.4. The van der Waals surface area contributed by atoms with E-state index in [-0.39, 0.29) is 17.7 Å². The Morgan fingerprint density at radius 3 is 2.67 bits per heavy atom. The topological polar surface area (TPSA) is 59.8 Å². The number of amides is 2. The van der Waals surface area contributed by atoms with Crippen molar-refractivity contribution >= 4 is 44.9 Å². The van der Waals surface area contributed by atoms with Crippen LogP contribution in [0.15, 0.2) is 50.2 Å². The predicted molar refractivity (Wildman–Crippen MR) is 96.4 cm³/mol. The van der Waals surface area contributed by atoms with Crippen molar-refractivity contribution in [1.82, 2.24) is 4.90 Å². The van der Waals surface area contributed by atoms with E-state index in [2.05, 4.69) is 15.9 Å². The maximum Gasteiger partial charge on any atom is 0.293 e. The number of halogens is 1. The number of hydrogen-bond donors (Lipinski definition) is 0. The second-order valence-electron chi connectivity index (χ2n) is 5.04. The van der Waals surface area contributed by atoms with E-state index in [1.54, 1.807) is 12.1 Å². The van der Waals surface area contributed by atoms with Gasteiger partial charge in [0.1, 0.15) is 11.5 Å². The van der Waals surface area contributed by atoms with Crippen LogP contribution >= 0.6 is 27.7 Å². The number of ether oxygens (including phenoxy) is 1. The molecule has 0 spiro atoms. The first-order valence-electron chi connectivity index (χ1n) is 7.18. The van der Waals surface area contributed by atoms with Gasteiger partial charge >= 0.3 is 0 Å². The van der Waals surface area contributed by atoms with Gasteiger partial charge in [0.05, 0.1) is 18.1 Å². The first-order chi connectivity index (χ1) is 11.6. The van der Waals surface area contributed by atoms with Crippen molar-refractivity contribution in [2.45, 2.75) is 0 Å². The average molecular weight is 408 g/mol. The maximum absolute atomic E-state index is 12.3. The minimum atomic E-state index is -0.316. The Bertz CT molecular complexity index is 797. The molecule has 0 radical (unpaired) electrons. The quantitative estimate of drug-likeness (QED) is 0.687. The Balaban J connectivity index is 1.78. The van der Waals surface area contributed by atoms with Crippen molar-refractivity contribution < 1.29 is 18.7 Å². The molecule has 1 aromatic heterocycles. The van der Waals surface area contributed by atoms with E-state index in [1.807, 2.05) is 30.3 Å². The van der Waals surface area contributed by atoms with E-state index in [0.29, 0.717) is 23.0 Å². The second-order valence-corrected chi connectivity index (χ2v) is 6.94. The van der Waals surface area contributed by atoms with E-state index in [1.165, 1.54) is 12.0 Å². The highest BCUT2D eigenvalue weighted by atomic mass is 79.9. The van der Waals surface area contributed by atoms with E-state index in [4.69, 9.17) is 9.15 Å².